The lowest BCUT2D eigenvalue weighted by Gasteiger charge is -2.19. The molecule has 6 nitrogen and oxygen atoms in total. The highest BCUT2D eigenvalue weighted by molar-refractivity contribution is 8.03. The molecule has 9 heteroatoms. The van der Waals surface area contributed by atoms with Crippen molar-refractivity contribution in [3.8, 4) is 11.1 Å². The van der Waals surface area contributed by atoms with Crippen LogP contribution in [0.15, 0.2) is 88.3 Å². The topological polar surface area (TPSA) is 81.4 Å². The monoisotopic (exact) mass is 618 g/mol. The van der Waals surface area contributed by atoms with Crippen molar-refractivity contribution in [3.63, 3.8) is 0 Å². The molecule has 218 valence electrons. The summed E-state index contributed by atoms with van der Waals surface area (Å²) in [4.78, 5) is 15.7. The van der Waals surface area contributed by atoms with E-state index in [1.54, 1.807) is 23.1 Å². The van der Waals surface area contributed by atoms with Crippen LogP contribution in [-0.2, 0) is 16.7 Å². The van der Waals surface area contributed by atoms with Gasteiger partial charge < -0.3 is 9.45 Å². The van der Waals surface area contributed by atoms with Crippen LogP contribution in [0.3, 0.4) is 0 Å². The fraction of sp³-hybridized carbons (Fsp3) is 0.273. The fourth-order valence-corrected chi connectivity index (χ4v) is 8.01. The Kier molecular flexibility index (Phi) is 9.32. The van der Waals surface area contributed by atoms with Gasteiger partial charge in [0.25, 0.3) is 5.01 Å². The zero-order valence-corrected chi connectivity index (χ0v) is 26.4. The molecule has 0 bridgehead atoms. The highest BCUT2D eigenvalue weighted by Crippen LogP contribution is 2.47. The Bertz CT molecular complexity index is 1790. The lowest BCUT2D eigenvalue weighted by molar-refractivity contribution is -0.668. The van der Waals surface area contributed by atoms with Gasteiger partial charge in [0, 0.05) is 41.3 Å². The van der Waals surface area contributed by atoms with Crippen molar-refractivity contribution >= 4 is 61.0 Å². The Labute approximate surface area is 256 Å². The van der Waals surface area contributed by atoms with Crippen LogP contribution in [0, 0.1) is 0 Å². The molecular weight excluding hydrogens is 585 g/mol. The van der Waals surface area contributed by atoms with Gasteiger partial charge in [0.15, 0.2) is 12.3 Å². The first-order chi connectivity index (χ1) is 20.2. The Balaban J connectivity index is 1.53. The molecule has 0 aliphatic carbocycles. The highest BCUT2D eigenvalue weighted by Gasteiger charge is 2.26. The average Bonchev–Trinajstić information content (AvgIpc) is 3.48. The van der Waals surface area contributed by atoms with Gasteiger partial charge in [0.05, 0.1) is 20.8 Å². The molecule has 0 saturated heterocycles. The van der Waals surface area contributed by atoms with Crippen LogP contribution in [0.1, 0.15) is 55.4 Å². The number of allylic oxidation sites excluding steroid dienone is 2. The van der Waals surface area contributed by atoms with Gasteiger partial charge in [-0.25, -0.2) is 8.42 Å². The summed E-state index contributed by atoms with van der Waals surface area (Å²) in [5, 5.41) is 2.13. The largest absolute Gasteiger partial charge is 0.748 e. The van der Waals surface area contributed by atoms with Crippen molar-refractivity contribution in [1.29, 1.82) is 0 Å². The van der Waals surface area contributed by atoms with Gasteiger partial charge in [0.2, 0.25) is 5.52 Å². The maximum atomic E-state index is 12.1. The molecular formula is C33H34N2O4S3. The van der Waals surface area contributed by atoms with Crippen molar-refractivity contribution in [2.75, 3.05) is 17.2 Å². The third kappa shape index (κ3) is 6.86. The first kappa shape index (κ1) is 30.2. The number of anilines is 1. The second-order valence-corrected chi connectivity index (χ2v) is 13.9. The third-order valence-electron chi connectivity index (χ3n) is 7.22. The first-order valence-corrected chi connectivity index (χ1v) is 17.4. The summed E-state index contributed by atoms with van der Waals surface area (Å²) in [5.41, 5.74) is 6.23. The van der Waals surface area contributed by atoms with Crippen molar-refractivity contribution in [3.05, 3.63) is 94.0 Å². The van der Waals surface area contributed by atoms with Crippen LogP contribution >= 0.6 is 23.1 Å². The standard InChI is InChI=1S/C33H34N2O4S3/c1-4-10-24(19-32-34(5-2)28-22-27(14-16-30(28)40-32)25-11-7-6-8-12-25)20-33-35(17-9-18-42(37,38)39)29-21-26(23(3)36)13-15-31(29)41-33/h6-8,11-16,19-22H,4-5,9-10,17-18H2,1-3H3. The minimum absolute atomic E-state index is 0.0295. The zero-order valence-electron chi connectivity index (χ0n) is 24.0. The number of aryl methyl sites for hydroxylation is 1. The molecule has 2 heterocycles. The Morgan fingerprint density at radius 2 is 1.81 bits per heavy atom. The molecule has 1 aliphatic rings. The number of hydrogen-bond donors (Lipinski definition) is 0. The summed E-state index contributed by atoms with van der Waals surface area (Å²) in [7, 11) is -4.32. The molecule has 1 aliphatic heterocycles. The van der Waals surface area contributed by atoms with Crippen LogP contribution in [-0.4, -0.2) is 31.1 Å². The second kappa shape index (κ2) is 13.0. The number of aromatic nitrogens is 1. The molecule has 0 unspecified atom stereocenters. The van der Waals surface area contributed by atoms with E-state index in [1.165, 1.54) is 33.7 Å². The summed E-state index contributed by atoms with van der Waals surface area (Å²) in [6.45, 7) is 7.06. The van der Waals surface area contributed by atoms with Crippen molar-refractivity contribution < 1.29 is 22.3 Å². The number of hydrogen-bond acceptors (Lipinski definition) is 7. The third-order valence-corrected chi connectivity index (χ3v) is 10.2. The summed E-state index contributed by atoms with van der Waals surface area (Å²) < 4.78 is 37.0. The number of nitrogens with zero attached hydrogens (tertiary/aromatic N) is 2. The Hall–Kier alpha value is -3.24. The molecule has 0 atom stereocenters. The quantitative estimate of drug-likeness (QED) is 0.0976. The molecule has 0 N–H and O–H groups in total. The van der Waals surface area contributed by atoms with E-state index in [4.69, 9.17) is 0 Å². The zero-order chi connectivity index (χ0) is 29.9. The van der Waals surface area contributed by atoms with Gasteiger partial charge >= 0.3 is 0 Å². The fourth-order valence-electron chi connectivity index (χ4n) is 5.19. The predicted octanol–water partition coefficient (Wildman–Crippen LogP) is 7.65. The Morgan fingerprint density at radius 3 is 2.50 bits per heavy atom. The highest BCUT2D eigenvalue weighted by atomic mass is 32.2. The van der Waals surface area contributed by atoms with Crippen LogP contribution < -0.4 is 9.47 Å². The number of carbonyl (C=O) groups excluding carboxylic acids is 1. The van der Waals surface area contributed by atoms with Gasteiger partial charge in [0.1, 0.15) is 4.70 Å². The maximum absolute atomic E-state index is 12.1. The van der Waals surface area contributed by atoms with Gasteiger partial charge in [-0.15, -0.1) is 0 Å². The smallest absolute Gasteiger partial charge is 0.263 e. The minimum Gasteiger partial charge on any atom is -0.748 e. The molecule has 1 aromatic heterocycles. The summed E-state index contributed by atoms with van der Waals surface area (Å²) in [6, 6.07) is 22.7. The van der Waals surface area contributed by atoms with Gasteiger partial charge in [-0.2, -0.15) is 4.57 Å². The molecule has 0 radical (unpaired) electrons. The predicted molar refractivity (Wildman–Crippen MR) is 173 cm³/mol. The number of Topliss-reactive ketones (excluding diaryl/α,β-unsaturated/α-hetero) is 1. The number of rotatable bonds is 11. The maximum Gasteiger partial charge on any atom is 0.263 e. The first-order valence-electron chi connectivity index (χ1n) is 14.1. The van der Waals surface area contributed by atoms with Gasteiger partial charge in [-0.1, -0.05) is 72.8 Å². The van der Waals surface area contributed by atoms with Crippen molar-refractivity contribution in [1.82, 2.24) is 0 Å². The van der Waals surface area contributed by atoms with Crippen LogP contribution in [0.25, 0.3) is 27.4 Å². The molecule has 3 aromatic carbocycles. The number of fused-ring (bicyclic) bond motifs is 2. The number of ketones is 1. The molecule has 0 saturated carbocycles. The van der Waals surface area contributed by atoms with E-state index >= 15 is 0 Å². The van der Waals surface area contributed by atoms with Crippen LogP contribution in [0.5, 0.6) is 0 Å². The number of thioether (sulfide) groups is 1. The molecule has 0 fully saturated rings. The molecule has 4 aromatic rings. The summed E-state index contributed by atoms with van der Waals surface area (Å²) in [6.07, 6.45) is 6.47. The average molecular weight is 619 g/mol. The molecule has 0 amide bonds. The lowest BCUT2D eigenvalue weighted by Crippen LogP contribution is -2.36. The Morgan fingerprint density at radius 1 is 1.02 bits per heavy atom. The number of benzene rings is 3. The van der Waals surface area contributed by atoms with Crippen LogP contribution in [0.4, 0.5) is 5.69 Å². The van der Waals surface area contributed by atoms with Crippen LogP contribution in [0.2, 0.25) is 0 Å². The van der Waals surface area contributed by atoms with E-state index in [9.17, 15) is 17.8 Å². The second-order valence-electron chi connectivity index (χ2n) is 10.3. The number of carbonyl (C=O) groups is 1. The van der Waals surface area contributed by atoms with Crippen molar-refractivity contribution in [2.24, 2.45) is 0 Å². The minimum atomic E-state index is -4.32. The van der Waals surface area contributed by atoms with E-state index in [0.717, 1.165) is 40.2 Å². The lowest BCUT2D eigenvalue weighted by atomic mass is 10.0. The molecule has 0 spiro atoms. The van der Waals surface area contributed by atoms with E-state index < -0.39 is 15.9 Å². The number of thiazole rings is 1. The van der Waals surface area contributed by atoms with E-state index in [0.29, 0.717) is 12.1 Å². The van der Waals surface area contributed by atoms with Gasteiger partial charge in [-0.05, 0) is 67.3 Å². The molecule has 5 rings (SSSR count). The van der Waals surface area contributed by atoms with E-state index in [2.05, 4.69) is 73.4 Å². The summed E-state index contributed by atoms with van der Waals surface area (Å²) >= 11 is 3.38. The SMILES string of the molecule is CCCC(=Cc1sc2ccc(C(C)=O)cc2[n+]1CCCS(=O)(=O)[O-])C=C1Sc2ccc(-c3ccccc3)cc2N1CC. The van der Waals surface area contributed by atoms with Crippen molar-refractivity contribution in [2.45, 2.75) is 51.5 Å². The summed E-state index contributed by atoms with van der Waals surface area (Å²) in [5.74, 6) is -0.456. The molecule has 42 heavy (non-hydrogen) atoms. The van der Waals surface area contributed by atoms with E-state index in [1.807, 2.05) is 28.8 Å². The van der Waals surface area contributed by atoms with Gasteiger partial charge in [-0.3, -0.25) is 4.79 Å². The normalized spacial score (nSPS) is 14.6. The van der Waals surface area contributed by atoms with E-state index in [-0.39, 0.29) is 12.2 Å².